The van der Waals surface area contributed by atoms with Gasteiger partial charge in [0, 0.05) is 25.4 Å². The minimum atomic E-state index is -2.52. The van der Waals surface area contributed by atoms with E-state index in [2.05, 4.69) is 5.32 Å². The highest BCUT2D eigenvalue weighted by atomic mass is 19.3. The molecule has 0 amide bonds. The van der Waals surface area contributed by atoms with E-state index in [-0.39, 0.29) is 18.9 Å². The summed E-state index contributed by atoms with van der Waals surface area (Å²) in [5.41, 5.74) is 2.07. The third kappa shape index (κ3) is 2.34. The third-order valence-electron chi connectivity index (χ3n) is 2.95. The Bertz CT molecular complexity index is 349. The van der Waals surface area contributed by atoms with E-state index in [0.29, 0.717) is 6.54 Å². The van der Waals surface area contributed by atoms with Crippen LogP contribution in [0.25, 0.3) is 0 Å². The van der Waals surface area contributed by atoms with Gasteiger partial charge in [-0.25, -0.2) is 8.78 Å². The van der Waals surface area contributed by atoms with Crippen molar-refractivity contribution in [3.63, 3.8) is 0 Å². The maximum Gasteiger partial charge on any atom is 0.251 e. The van der Waals surface area contributed by atoms with Crippen molar-refractivity contribution in [2.24, 2.45) is 0 Å². The van der Waals surface area contributed by atoms with Crippen LogP contribution >= 0.6 is 0 Å². The molecule has 1 saturated heterocycles. The number of rotatable bonds is 1. The molecular formula is C12H15F2N. The van der Waals surface area contributed by atoms with Crippen molar-refractivity contribution in [2.45, 2.75) is 31.7 Å². The molecule has 1 heterocycles. The molecule has 1 aromatic carbocycles. The lowest BCUT2D eigenvalue weighted by Gasteiger charge is -2.31. The Labute approximate surface area is 88.5 Å². The van der Waals surface area contributed by atoms with E-state index < -0.39 is 5.92 Å². The highest BCUT2D eigenvalue weighted by molar-refractivity contribution is 5.29. The van der Waals surface area contributed by atoms with Crippen LogP contribution in [-0.2, 0) is 0 Å². The number of hydrogen-bond acceptors (Lipinski definition) is 1. The molecule has 1 nitrogen and oxygen atoms in total. The number of nitrogens with one attached hydrogen (secondary N) is 1. The van der Waals surface area contributed by atoms with E-state index in [1.165, 1.54) is 0 Å². The molecule has 1 aliphatic heterocycles. The second-order valence-corrected chi connectivity index (χ2v) is 4.17. The Balaban J connectivity index is 2.21. The van der Waals surface area contributed by atoms with Crippen LogP contribution < -0.4 is 5.32 Å². The third-order valence-corrected chi connectivity index (χ3v) is 2.95. The molecule has 1 atom stereocenters. The standard InChI is InChI=1S/C12H15F2N/c1-9-4-2-3-5-10(9)11-8-12(13,14)6-7-15-11/h2-5,11,15H,6-8H2,1H3. The summed E-state index contributed by atoms with van der Waals surface area (Å²) in [6.07, 6.45) is -0.132. The lowest BCUT2D eigenvalue weighted by atomic mass is 9.92. The Morgan fingerprint density at radius 3 is 2.73 bits per heavy atom. The van der Waals surface area contributed by atoms with Crippen molar-refractivity contribution in [3.05, 3.63) is 35.4 Å². The molecule has 1 unspecified atom stereocenters. The van der Waals surface area contributed by atoms with E-state index in [9.17, 15) is 8.78 Å². The SMILES string of the molecule is Cc1ccccc1C1CC(F)(F)CCN1. The van der Waals surface area contributed by atoms with Crippen LogP contribution in [0.5, 0.6) is 0 Å². The van der Waals surface area contributed by atoms with Gasteiger partial charge in [0.15, 0.2) is 0 Å². The fraction of sp³-hybridized carbons (Fsp3) is 0.500. The van der Waals surface area contributed by atoms with E-state index in [0.717, 1.165) is 11.1 Å². The van der Waals surface area contributed by atoms with Crippen molar-refractivity contribution >= 4 is 0 Å². The first kappa shape index (κ1) is 10.6. The van der Waals surface area contributed by atoms with Gasteiger partial charge in [-0.1, -0.05) is 24.3 Å². The average molecular weight is 211 g/mol. The van der Waals surface area contributed by atoms with Gasteiger partial charge in [-0.15, -0.1) is 0 Å². The second kappa shape index (κ2) is 3.89. The molecule has 0 bridgehead atoms. The first-order chi connectivity index (χ1) is 7.08. The average Bonchev–Trinajstić information content (AvgIpc) is 2.17. The second-order valence-electron chi connectivity index (χ2n) is 4.17. The quantitative estimate of drug-likeness (QED) is 0.752. The molecule has 2 rings (SSSR count). The maximum absolute atomic E-state index is 13.2. The normalized spacial score (nSPS) is 25.1. The molecule has 3 heteroatoms. The molecule has 82 valence electrons. The molecule has 1 fully saturated rings. The first-order valence-electron chi connectivity index (χ1n) is 5.25. The van der Waals surface area contributed by atoms with Crippen molar-refractivity contribution < 1.29 is 8.78 Å². The predicted octanol–water partition coefficient (Wildman–Crippen LogP) is 3.05. The number of piperidine rings is 1. The number of halogens is 2. The number of benzene rings is 1. The highest BCUT2D eigenvalue weighted by Crippen LogP contribution is 2.35. The molecule has 0 spiro atoms. The van der Waals surface area contributed by atoms with Crippen LogP contribution in [0.3, 0.4) is 0 Å². The van der Waals surface area contributed by atoms with E-state index in [1.54, 1.807) is 0 Å². The van der Waals surface area contributed by atoms with Gasteiger partial charge < -0.3 is 5.32 Å². The molecule has 0 saturated carbocycles. The Hall–Kier alpha value is -0.960. The fourth-order valence-electron chi connectivity index (χ4n) is 2.10. The molecule has 15 heavy (non-hydrogen) atoms. The van der Waals surface area contributed by atoms with Gasteiger partial charge in [0.05, 0.1) is 0 Å². The monoisotopic (exact) mass is 211 g/mol. The number of alkyl halides is 2. The Kier molecular flexibility index (Phi) is 2.74. The summed E-state index contributed by atoms with van der Waals surface area (Å²) in [7, 11) is 0. The lowest BCUT2D eigenvalue weighted by Crippen LogP contribution is -2.38. The summed E-state index contributed by atoms with van der Waals surface area (Å²) < 4.78 is 26.5. The molecule has 1 aromatic rings. The summed E-state index contributed by atoms with van der Waals surface area (Å²) in [6.45, 7) is 2.36. The largest absolute Gasteiger partial charge is 0.309 e. The summed E-state index contributed by atoms with van der Waals surface area (Å²) in [5, 5.41) is 3.15. The Morgan fingerprint density at radius 2 is 2.07 bits per heavy atom. The molecule has 0 aromatic heterocycles. The molecular weight excluding hydrogens is 196 g/mol. The van der Waals surface area contributed by atoms with Crippen LogP contribution in [-0.4, -0.2) is 12.5 Å². The molecule has 0 aliphatic carbocycles. The van der Waals surface area contributed by atoms with Crippen LogP contribution in [0.2, 0.25) is 0 Å². The van der Waals surface area contributed by atoms with Crippen molar-refractivity contribution in [1.29, 1.82) is 0 Å². The van der Waals surface area contributed by atoms with E-state index in [4.69, 9.17) is 0 Å². The van der Waals surface area contributed by atoms with Crippen LogP contribution in [0.15, 0.2) is 24.3 Å². The fourth-order valence-corrected chi connectivity index (χ4v) is 2.10. The zero-order valence-corrected chi connectivity index (χ0v) is 8.76. The van der Waals surface area contributed by atoms with Crippen LogP contribution in [0.1, 0.15) is 30.0 Å². The lowest BCUT2D eigenvalue weighted by molar-refractivity contribution is -0.0415. The molecule has 0 radical (unpaired) electrons. The zero-order chi connectivity index (χ0) is 10.9. The van der Waals surface area contributed by atoms with Gasteiger partial charge in [-0.05, 0) is 18.1 Å². The van der Waals surface area contributed by atoms with Crippen molar-refractivity contribution in [1.82, 2.24) is 5.32 Å². The van der Waals surface area contributed by atoms with Gasteiger partial charge in [-0.3, -0.25) is 0 Å². The highest BCUT2D eigenvalue weighted by Gasteiger charge is 2.36. The van der Waals surface area contributed by atoms with Crippen LogP contribution in [0, 0.1) is 6.92 Å². The minimum absolute atomic E-state index is 0.0462. The number of hydrogen-bond donors (Lipinski definition) is 1. The van der Waals surface area contributed by atoms with Gasteiger partial charge >= 0.3 is 0 Å². The number of aryl methyl sites for hydroxylation is 1. The summed E-state index contributed by atoms with van der Waals surface area (Å²) in [4.78, 5) is 0. The smallest absolute Gasteiger partial charge is 0.251 e. The maximum atomic E-state index is 13.2. The minimum Gasteiger partial charge on any atom is -0.309 e. The molecule has 1 aliphatic rings. The summed E-state index contributed by atoms with van der Waals surface area (Å²) in [5.74, 6) is -2.52. The van der Waals surface area contributed by atoms with Gasteiger partial charge in [0.1, 0.15) is 0 Å². The van der Waals surface area contributed by atoms with Gasteiger partial charge in [-0.2, -0.15) is 0 Å². The van der Waals surface area contributed by atoms with Gasteiger partial charge in [0.25, 0.3) is 5.92 Å². The Morgan fingerprint density at radius 1 is 1.33 bits per heavy atom. The van der Waals surface area contributed by atoms with E-state index >= 15 is 0 Å². The van der Waals surface area contributed by atoms with E-state index in [1.807, 2.05) is 31.2 Å². The topological polar surface area (TPSA) is 12.0 Å². The van der Waals surface area contributed by atoms with Crippen LogP contribution in [0.4, 0.5) is 8.78 Å². The summed E-state index contributed by atoms with van der Waals surface area (Å²) in [6, 6.07) is 7.52. The zero-order valence-electron chi connectivity index (χ0n) is 8.76. The first-order valence-corrected chi connectivity index (χ1v) is 5.25. The molecule has 1 N–H and O–H groups in total. The van der Waals surface area contributed by atoms with Crippen molar-refractivity contribution in [2.75, 3.05) is 6.54 Å². The van der Waals surface area contributed by atoms with Gasteiger partial charge in [0.2, 0.25) is 0 Å². The summed E-state index contributed by atoms with van der Waals surface area (Å²) >= 11 is 0. The predicted molar refractivity (Wildman–Crippen MR) is 56.1 cm³/mol. The van der Waals surface area contributed by atoms with Crippen molar-refractivity contribution in [3.8, 4) is 0 Å².